The van der Waals surface area contributed by atoms with E-state index in [4.69, 9.17) is 4.74 Å². The second-order valence-corrected chi connectivity index (χ2v) is 4.80. The van der Waals surface area contributed by atoms with Crippen molar-refractivity contribution in [2.75, 3.05) is 19.7 Å². The van der Waals surface area contributed by atoms with Crippen molar-refractivity contribution in [3.63, 3.8) is 0 Å². The van der Waals surface area contributed by atoms with Crippen LogP contribution in [-0.2, 0) is 9.53 Å². The van der Waals surface area contributed by atoms with Crippen molar-refractivity contribution in [3.05, 3.63) is 12.7 Å². The topological polar surface area (TPSA) is 29.5 Å². The Balaban J connectivity index is 1.80. The Kier molecular flexibility index (Phi) is 3.99. The van der Waals surface area contributed by atoms with E-state index < -0.39 is 0 Å². The molecule has 90 valence electrons. The molecule has 1 heterocycles. The maximum atomic E-state index is 12.0. The van der Waals surface area contributed by atoms with Crippen molar-refractivity contribution >= 4 is 5.91 Å². The number of piperidine rings is 1. The summed E-state index contributed by atoms with van der Waals surface area (Å²) in [5, 5.41) is 0. The van der Waals surface area contributed by atoms with Gasteiger partial charge in [-0.15, -0.1) is 6.58 Å². The van der Waals surface area contributed by atoms with Crippen LogP contribution in [0.4, 0.5) is 0 Å². The fraction of sp³-hybridized carbons (Fsp3) is 0.769. The highest BCUT2D eigenvalue weighted by Gasteiger charge is 2.32. The van der Waals surface area contributed by atoms with Crippen molar-refractivity contribution in [1.29, 1.82) is 0 Å². The predicted molar refractivity (Wildman–Crippen MR) is 63.1 cm³/mol. The predicted octanol–water partition coefficient (Wildman–Crippen LogP) is 1.98. The maximum Gasteiger partial charge on any atom is 0.225 e. The molecule has 2 aliphatic rings. The molecule has 1 unspecified atom stereocenters. The summed E-state index contributed by atoms with van der Waals surface area (Å²) in [5.41, 5.74) is 0. The minimum Gasteiger partial charge on any atom is -0.372 e. The van der Waals surface area contributed by atoms with Gasteiger partial charge in [-0.3, -0.25) is 4.79 Å². The zero-order chi connectivity index (χ0) is 11.4. The molecule has 2 fully saturated rings. The summed E-state index contributed by atoms with van der Waals surface area (Å²) in [7, 11) is 0. The second kappa shape index (κ2) is 5.48. The highest BCUT2D eigenvalue weighted by Crippen LogP contribution is 2.29. The first-order chi connectivity index (χ1) is 7.81. The molecule has 1 aliphatic heterocycles. The number of carbonyl (C=O) groups excluding carboxylic acids is 1. The van der Waals surface area contributed by atoms with E-state index in [1.165, 1.54) is 6.42 Å². The van der Waals surface area contributed by atoms with Crippen molar-refractivity contribution < 1.29 is 9.53 Å². The van der Waals surface area contributed by atoms with E-state index in [-0.39, 0.29) is 6.10 Å². The largest absolute Gasteiger partial charge is 0.372 e. The van der Waals surface area contributed by atoms with E-state index in [0.29, 0.717) is 18.4 Å². The summed E-state index contributed by atoms with van der Waals surface area (Å²) in [4.78, 5) is 14.1. The Labute approximate surface area is 97.5 Å². The number of ether oxygens (including phenoxy) is 1. The molecule has 1 amide bonds. The van der Waals surface area contributed by atoms with E-state index in [0.717, 1.165) is 38.8 Å². The minimum atomic E-state index is 0.218. The Morgan fingerprint density at radius 3 is 2.81 bits per heavy atom. The number of nitrogens with zero attached hydrogens (tertiary/aromatic N) is 1. The number of amides is 1. The quantitative estimate of drug-likeness (QED) is 0.682. The molecule has 1 aliphatic carbocycles. The van der Waals surface area contributed by atoms with E-state index in [1.54, 1.807) is 6.08 Å². The number of hydrogen-bond donors (Lipinski definition) is 0. The van der Waals surface area contributed by atoms with Crippen LogP contribution in [0.2, 0.25) is 0 Å². The molecule has 0 aromatic heterocycles. The van der Waals surface area contributed by atoms with Crippen LogP contribution in [0, 0.1) is 5.92 Å². The van der Waals surface area contributed by atoms with Crippen molar-refractivity contribution in [2.45, 2.75) is 38.2 Å². The molecule has 0 radical (unpaired) electrons. The van der Waals surface area contributed by atoms with Crippen molar-refractivity contribution in [2.24, 2.45) is 5.92 Å². The van der Waals surface area contributed by atoms with Gasteiger partial charge in [-0.2, -0.15) is 0 Å². The van der Waals surface area contributed by atoms with Crippen LogP contribution < -0.4 is 0 Å². The standard InChI is InChI=1S/C13H21NO2/c1-2-9-16-12-7-4-8-14(10-12)13(15)11-5-3-6-11/h2,11-12H,1,3-10H2. The molecule has 1 saturated heterocycles. The molecule has 3 heteroatoms. The summed E-state index contributed by atoms with van der Waals surface area (Å²) in [6, 6.07) is 0. The van der Waals surface area contributed by atoms with Gasteiger partial charge >= 0.3 is 0 Å². The average molecular weight is 223 g/mol. The third-order valence-corrected chi connectivity index (χ3v) is 3.59. The summed E-state index contributed by atoms with van der Waals surface area (Å²) < 4.78 is 5.63. The van der Waals surface area contributed by atoms with Crippen molar-refractivity contribution in [3.8, 4) is 0 Å². The van der Waals surface area contributed by atoms with Crippen LogP contribution >= 0.6 is 0 Å². The van der Waals surface area contributed by atoms with Crippen LogP contribution in [0.15, 0.2) is 12.7 Å². The van der Waals surface area contributed by atoms with E-state index in [9.17, 15) is 4.79 Å². The smallest absolute Gasteiger partial charge is 0.225 e. The van der Waals surface area contributed by atoms with Gasteiger partial charge in [0.25, 0.3) is 0 Å². The SMILES string of the molecule is C=CCOC1CCCN(C(=O)C2CCC2)C1. The minimum absolute atomic E-state index is 0.218. The highest BCUT2D eigenvalue weighted by molar-refractivity contribution is 5.79. The third-order valence-electron chi connectivity index (χ3n) is 3.59. The average Bonchev–Trinajstić information content (AvgIpc) is 2.24. The number of likely N-dealkylation sites (tertiary alicyclic amines) is 1. The molecule has 1 saturated carbocycles. The van der Waals surface area contributed by atoms with Gasteiger partial charge in [0.05, 0.1) is 12.7 Å². The first kappa shape index (κ1) is 11.6. The first-order valence-corrected chi connectivity index (χ1v) is 6.32. The number of hydrogen-bond acceptors (Lipinski definition) is 2. The monoisotopic (exact) mass is 223 g/mol. The lowest BCUT2D eigenvalue weighted by atomic mass is 9.84. The van der Waals surface area contributed by atoms with E-state index in [1.807, 2.05) is 4.90 Å². The fourth-order valence-electron chi connectivity index (χ4n) is 2.39. The van der Waals surface area contributed by atoms with Gasteiger partial charge in [-0.1, -0.05) is 12.5 Å². The molecule has 3 nitrogen and oxygen atoms in total. The third kappa shape index (κ3) is 2.64. The zero-order valence-electron chi connectivity index (χ0n) is 9.86. The van der Waals surface area contributed by atoms with Crippen molar-refractivity contribution in [1.82, 2.24) is 4.90 Å². The van der Waals surface area contributed by atoms with Gasteiger partial charge in [0.2, 0.25) is 5.91 Å². The van der Waals surface area contributed by atoms with E-state index >= 15 is 0 Å². The number of rotatable bonds is 4. The lowest BCUT2D eigenvalue weighted by Crippen LogP contribution is -2.46. The summed E-state index contributed by atoms with van der Waals surface area (Å²) >= 11 is 0. The normalized spacial score (nSPS) is 26.2. The summed E-state index contributed by atoms with van der Waals surface area (Å²) in [5.74, 6) is 0.677. The van der Waals surface area contributed by atoms with Gasteiger partial charge < -0.3 is 9.64 Å². The van der Waals surface area contributed by atoms with Gasteiger partial charge in [-0.25, -0.2) is 0 Å². The van der Waals surface area contributed by atoms with E-state index in [2.05, 4.69) is 6.58 Å². The first-order valence-electron chi connectivity index (χ1n) is 6.32. The van der Waals surface area contributed by atoms with Crippen LogP contribution in [0.3, 0.4) is 0 Å². The molecule has 0 N–H and O–H groups in total. The Morgan fingerprint density at radius 1 is 1.38 bits per heavy atom. The lowest BCUT2D eigenvalue weighted by Gasteiger charge is -2.37. The lowest BCUT2D eigenvalue weighted by molar-refractivity contribution is -0.142. The Bertz CT molecular complexity index is 261. The fourth-order valence-corrected chi connectivity index (χ4v) is 2.39. The molecule has 2 rings (SSSR count). The second-order valence-electron chi connectivity index (χ2n) is 4.80. The van der Waals surface area contributed by atoms with Crippen LogP contribution in [-0.4, -0.2) is 36.6 Å². The maximum absolute atomic E-state index is 12.0. The van der Waals surface area contributed by atoms with Gasteiger partial charge in [-0.05, 0) is 25.7 Å². The van der Waals surface area contributed by atoms with Crippen LogP contribution in [0.5, 0.6) is 0 Å². The van der Waals surface area contributed by atoms with Crippen LogP contribution in [0.1, 0.15) is 32.1 Å². The van der Waals surface area contributed by atoms with Gasteiger partial charge in [0.15, 0.2) is 0 Å². The molecule has 0 aromatic rings. The zero-order valence-corrected chi connectivity index (χ0v) is 9.86. The highest BCUT2D eigenvalue weighted by atomic mass is 16.5. The summed E-state index contributed by atoms with van der Waals surface area (Å²) in [6.07, 6.45) is 7.53. The van der Waals surface area contributed by atoms with Crippen LogP contribution in [0.25, 0.3) is 0 Å². The van der Waals surface area contributed by atoms with Gasteiger partial charge in [0, 0.05) is 19.0 Å². The molecular formula is C13H21NO2. The summed E-state index contributed by atoms with van der Waals surface area (Å²) in [6.45, 7) is 5.94. The Morgan fingerprint density at radius 2 is 2.19 bits per heavy atom. The molecule has 0 spiro atoms. The molecule has 0 bridgehead atoms. The molecule has 1 atom stereocenters. The molecule has 0 aromatic carbocycles. The number of carbonyl (C=O) groups is 1. The Hall–Kier alpha value is -0.830. The molecule has 16 heavy (non-hydrogen) atoms. The molecular weight excluding hydrogens is 202 g/mol. The van der Waals surface area contributed by atoms with Gasteiger partial charge in [0.1, 0.15) is 0 Å².